The molecule has 0 aliphatic rings. The third kappa shape index (κ3) is 10.4. The molecule has 0 fully saturated rings. The maximum absolute atomic E-state index is 12.9. The van der Waals surface area contributed by atoms with Crippen LogP contribution in [0.4, 0.5) is 4.79 Å². The Morgan fingerprint density at radius 2 is 1.48 bits per heavy atom. The van der Waals surface area contributed by atoms with Crippen LogP contribution in [0.5, 0.6) is 0 Å². The van der Waals surface area contributed by atoms with E-state index >= 15 is 0 Å². The van der Waals surface area contributed by atoms with Crippen LogP contribution in [0.3, 0.4) is 0 Å². The largest absolute Gasteiger partial charge is 0.444 e. The smallest absolute Gasteiger partial charge is 0.408 e. The van der Waals surface area contributed by atoms with Crippen LogP contribution in [0.15, 0.2) is 0 Å². The number of nitrogens with one attached hydrogen (secondary N) is 2. The second kappa shape index (κ2) is 9.44. The van der Waals surface area contributed by atoms with Crippen molar-refractivity contribution < 1.29 is 14.3 Å². The van der Waals surface area contributed by atoms with E-state index in [9.17, 15) is 9.59 Å². The number of ether oxygens (including phenoxy) is 1. The molecule has 0 bridgehead atoms. The maximum Gasteiger partial charge on any atom is 0.408 e. The van der Waals surface area contributed by atoms with Gasteiger partial charge in [0.15, 0.2) is 0 Å². The molecule has 0 aromatic carbocycles. The van der Waals surface area contributed by atoms with E-state index in [4.69, 9.17) is 4.74 Å². The van der Waals surface area contributed by atoms with E-state index in [1.165, 1.54) is 0 Å². The quantitative estimate of drug-likeness (QED) is 0.705. The van der Waals surface area contributed by atoms with Crippen molar-refractivity contribution in [2.24, 2.45) is 17.3 Å². The van der Waals surface area contributed by atoms with Gasteiger partial charge in [-0.05, 0) is 44.4 Å². The fourth-order valence-electron chi connectivity index (χ4n) is 2.52. The van der Waals surface area contributed by atoms with Crippen LogP contribution in [0, 0.1) is 17.3 Å². The summed E-state index contributed by atoms with van der Waals surface area (Å²) in [7, 11) is 0. The molecule has 0 heterocycles. The van der Waals surface area contributed by atoms with Crippen LogP contribution in [0.2, 0.25) is 0 Å². The normalized spacial score (nSPS) is 16.1. The highest BCUT2D eigenvalue weighted by atomic mass is 16.6. The lowest BCUT2D eigenvalue weighted by Gasteiger charge is -2.32. The monoisotopic (exact) mass is 356 g/mol. The van der Waals surface area contributed by atoms with Crippen molar-refractivity contribution in [3.63, 3.8) is 0 Å². The Morgan fingerprint density at radius 1 is 0.960 bits per heavy atom. The van der Waals surface area contributed by atoms with Crippen molar-refractivity contribution in [1.29, 1.82) is 0 Å². The molecule has 0 aliphatic carbocycles. The summed E-state index contributed by atoms with van der Waals surface area (Å²) in [6.45, 7) is 20.1. The Morgan fingerprint density at radius 3 is 1.84 bits per heavy atom. The molecule has 25 heavy (non-hydrogen) atoms. The summed E-state index contributed by atoms with van der Waals surface area (Å²) in [5.41, 5.74) is -0.472. The first-order valence-corrected chi connectivity index (χ1v) is 9.46. The average molecular weight is 357 g/mol. The number of hydrogen-bond donors (Lipinski definition) is 2. The summed E-state index contributed by atoms with van der Waals surface area (Å²) in [5.74, 6) is 0.209. The highest BCUT2D eigenvalue weighted by Gasteiger charge is 2.31. The molecule has 3 atom stereocenters. The molecule has 0 aromatic rings. The van der Waals surface area contributed by atoms with E-state index in [0.717, 1.165) is 12.8 Å². The second-order valence-electron chi connectivity index (χ2n) is 9.63. The Labute approximate surface area is 154 Å². The zero-order valence-electron chi connectivity index (χ0n) is 17.9. The Bertz CT molecular complexity index is 433. The lowest BCUT2D eigenvalue weighted by molar-refractivity contribution is -0.125. The molecule has 5 heteroatoms. The van der Waals surface area contributed by atoms with Crippen LogP contribution in [-0.4, -0.2) is 29.7 Å². The first kappa shape index (κ1) is 23.7. The van der Waals surface area contributed by atoms with Crippen molar-refractivity contribution in [2.45, 2.75) is 99.8 Å². The standard InChI is InChI=1S/C20H40N2O3/c1-11-14(4)16(22-18(24)25-20(8,9)10)17(23)21-15(13(2)3)12-19(5,6)7/h13-16H,11-12H2,1-10H3,(H,21,23)(H,22,24). The van der Waals surface area contributed by atoms with E-state index in [-0.39, 0.29) is 23.3 Å². The first-order valence-electron chi connectivity index (χ1n) is 9.46. The van der Waals surface area contributed by atoms with Gasteiger partial charge in [-0.25, -0.2) is 4.79 Å². The SMILES string of the molecule is CCC(C)C(NC(=O)OC(C)(C)C)C(=O)NC(CC(C)(C)C)C(C)C. The molecule has 2 N–H and O–H groups in total. The number of alkyl carbamates (subject to hydrolysis) is 1. The Balaban J connectivity index is 5.13. The molecule has 148 valence electrons. The predicted molar refractivity (Wildman–Crippen MR) is 103 cm³/mol. The van der Waals surface area contributed by atoms with Gasteiger partial charge in [0, 0.05) is 6.04 Å². The van der Waals surface area contributed by atoms with Gasteiger partial charge in [0.1, 0.15) is 11.6 Å². The predicted octanol–water partition coefficient (Wildman–Crippen LogP) is 4.50. The van der Waals surface area contributed by atoms with E-state index in [1.807, 2.05) is 34.6 Å². The number of carbonyl (C=O) groups is 2. The molecule has 3 unspecified atom stereocenters. The first-order chi connectivity index (χ1) is 11.2. The minimum Gasteiger partial charge on any atom is -0.444 e. The Hall–Kier alpha value is -1.26. The van der Waals surface area contributed by atoms with Gasteiger partial charge in [0.2, 0.25) is 5.91 Å². The highest BCUT2D eigenvalue weighted by Crippen LogP contribution is 2.24. The fourth-order valence-corrected chi connectivity index (χ4v) is 2.52. The van der Waals surface area contributed by atoms with Crippen molar-refractivity contribution >= 4 is 12.0 Å². The highest BCUT2D eigenvalue weighted by molar-refractivity contribution is 5.86. The number of amides is 2. The van der Waals surface area contributed by atoms with Crippen molar-refractivity contribution in [2.75, 3.05) is 0 Å². The average Bonchev–Trinajstić information content (AvgIpc) is 2.39. The van der Waals surface area contributed by atoms with Crippen molar-refractivity contribution in [1.82, 2.24) is 10.6 Å². The fraction of sp³-hybridized carbons (Fsp3) is 0.900. The zero-order valence-corrected chi connectivity index (χ0v) is 17.9. The topological polar surface area (TPSA) is 67.4 Å². The van der Waals surface area contributed by atoms with E-state index in [1.54, 1.807) is 0 Å². The van der Waals surface area contributed by atoms with Gasteiger partial charge in [-0.15, -0.1) is 0 Å². The minimum atomic E-state index is -0.596. The van der Waals surface area contributed by atoms with Crippen molar-refractivity contribution in [3.8, 4) is 0 Å². The van der Waals surface area contributed by atoms with E-state index in [0.29, 0.717) is 5.92 Å². The minimum absolute atomic E-state index is 0.0231. The summed E-state index contributed by atoms with van der Waals surface area (Å²) >= 11 is 0. The molecule has 5 nitrogen and oxygen atoms in total. The van der Waals surface area contributed by atoms with E-state index < -0.39 is 17.7 Å². The lowest BCUT2D eigenvalue weighted by atomic mass is 9.83. The van der Waals surface area contributed by atoms with Crippen molar-refractivity contribution in [3.05, 3.63) is 0 Å². The van der Waals surface area contributed by atoms with Gasteiger partial charge in [-0.2, -0.15) is 0 Å². The van der Waals surface area contributed by atoms with Gasteiger partial charge < -0.3 is 15.4 Å². The summed E-state index contributed by atoms with van der Waals surface area (Å²) in [6, 6.07) is -0.527. The summed E-state index contributed by atoms with van der Waals surface area (Å²) < 4.78 is 5.32. The number of carbonyl (C=O) groups excluding carboxylic acids is 2. The molecule has 0 radical (unpaired) electrons. The second-order valence-corrected chi connectivity index (χ2v) is 9.63. The van der Waals surface area contributed by atoms with Crippen LogP contribution in [-0.2, 0) is 9.53 Å². The molecule has 0 aromatic heterocycles. The van der Waals surface area contributed by atoms with Gasteiger partial charge in [0.05, 0.1) is 0 Å². The molecule has 0 saturated heterocycles. The third-order valence-electron chi connectivity index (χ3n) is 4.13. The van der Waals surface area contributed by atoms with E-state index in [2.05, 4.69) is 45.3 Å². The zero-order chi connectivity index (χ0) is 20.0. The summed E-state index contributed by atoms with van der Waals surface area (Å²) in [6.07, 6.45) is 1.13. The molecule has 2 amide bonds. The molecular weight excluding hydrogens is 316 g/mol. The van der Waals surface area contributed by atoms with Crippen LogP contribution in [0.25, 0.3) is 0 Å². The molecule has 0 saturated carbocycles. The van der Waals surface area contributed by atoms with Crippen LogP contribution >= 0.6 is 0 Å². The maximum atomic E-state index is 12.9. The van der Waals surface area contributed by atoms with Crippen LogP contribution in [0.1, 0.15) is 82.1 Å². The number of rotatable bonds is 7. The Kier molecular flexibility index (Phi) is 8.97. The third-order valence-corrected chi connectivity index (χ3v) is 4.13. The molecule has 0 spiro atoms. The summed E-state index contributed by atoms with van der Waals surface area (Å²) in [5, 5.41) is 5.91. The molecular formula is C20H40N2O3. The van der Waals surface area contributed by atoms with Gasteiger partial charge in [0.25, 0.3) is 0 Å². The van der Waals surface area contributed by atoms with Gasteiger partial charge in [-0.3, -0.25) is 4.79 Å². The van der Waals surface area contributed by atoms with Gasteiger partial charge in [-0.1, -0.05) is 54.9 Å². The molecule has 0 rings (SSSR count). The summed E-state index contributed by atoms with van der Waals surface area (Å²) in [4.78, 5) is 25.0. The lowest BCUT2D eigenvalue weighted by Crippen LogP contribution is -2.54. The van der Waals surface area contributed by atoms with Gasteiger partial charge >= 0.3 is 6.09 Å². The molecule has 0 aliphatic heterocycles. The number of hydrogen-bond acceptors (Lipinski definition) is 3. The van der Waals surface area contributed by atoms with Crippen LogP contribution < -0.4 is 10.6 Å².